The molecule has 1 saturated heterocycles. The fourth-order valence-electron chi connectivity index (χ4n) is 4.65. The first-order valence-corrected chi connectivity index (χ1v) is 9.99. The fourth-order valence-corrected chi connectivity index (χ4v) is 6.67. The van der Waals surface area contributed by atoms with Crippen molar-refractivity contribution in [1.29, 1.82) is 0 Å². The Morgan fingerprint density at radius 2 is 2.28 bits per heavy atom. The van der Waals surface area contributed by atoms with Gasteiger partial charge in [0.15, 0.2) is 5.75 Å². The number of fused-ring (bicyclic) bond motifs is 3. The van der Waals surface area contributed by atoms with Crippen molar-refractivity contribution in [2.45, 2.75) is 29.7 Å². The maximum Gasteiger partial charge on any atom is 0.165 e. The summed E-state index contributed by atoms with van der Waals surface area (Å²) in [7, 11) is 0. The summed E-state index contributed by atoms with van der Waals surface area (Å²) in [5.41, 5.74) is 3.24. The molecular formula is C18H14BrN3O2S. The summed E-state index contributed by atoms with van der Waals surface area (Å²) < 4.78 is 0.772. The van der Waals surface area contributed by atoms with Gasteiger partial charge in [0, 0.05) is 32.9 Å². The molecule has 5 nitrogen and oxygen atoms in total. The maximum absolute atomic E-state index is 10.9. The number of rotatable bonds is 0. The summed E-state index contributed by atoms with van der Waals surface area (Å²) in [6.07, 6.45) is 7.04. The number of benzene rings is 1. The zero-order valence-electron chi connectivity index (χ0n) is 13.1. The standard InChI is InChI=1S/C18H14BrN3O2S/c19-8-4-18-5-11(25-10(18)3-9(8)23)22-16-13(18)14-12-7(1-2-20-14)6-21-15(12)17(16)24/h3-4,6,9,11,22-24H,1-2,5H2/t9?,11-,18-/m0/s1. The van der Waals surface area contributed by atoms with E-state index < -0.39 is 6.10 Å². The van der Waals surface area contributed by atoms with E-state index in [2.05, 4.69) is 32.3 Å². The minimum Gasteiger partial charge on any atom is -0.504 e. The zero-order valence-corrected chi connectivity index (χ0v) is 15.5. The highest BCUT2D eigenvalue weighted by Crippen LogP contribution is 2.61. The number of hydrogen-bond donors (Lipinski definition) is 3. The first kappa shape index (κ1) is 14.6. The monoisotopic (exact) mass is 415 g/mol. The van der Waals surface area contributed by atoms with E-state index in [0.29, 0.717) is 5.69 Å². The van der Waals surface area contributed by atoms with Crippen molar-refractivity contribution >= 4 is 50.9 Å². The van der Waals surface area contributed by atoms with Crippen molar-refractivity contribution in [3.63, 3.8) is 0 Å². The summed E-state index contributed by atoms with van der Waals surface area (Å²) in [6.45, 7) is 0.740. The maximum atomic E-state index is 10.9. The molecule has 1 aromatic rings. The Kier molecular flexibility index (Phi) is 2.67. The minimum absolute atomic E-state index is 0.161. The van der Waals surface area contributed by atoms with Crippen LogP contribution >= 0.6 is 27.7 Å². The summed E-state index contributed by atoms with van der Waals surface area (Å²) in [4.78, 5) is 10.4. The van der Waals surface area contributed by atoms with Gasteiger partial charge < -0.3 is 15.5 Å². The highest BCUT2D eigenvalue weighted by Gasteiger charge is 2.53. The number of allylic oxidation sites excluding steroid dienone is 2. The van der Waals surface area contributed by atoms with Crippen molar-refractivity contribution in [3.05, 3.63) is 37.7 Å². The van der Waals surface area contributed by atoms with Gasteiger partial charge >= 0.3 is 0 Å². The Morgan fingerprint density at radius 3 is 3.16 bits per heavy atom. The Bertz CT molecular complexity index is 1090. The number of aliphatic imine (C=N–C) groups is 1. The third kappa shape index (κ3) is 1.65. The molecule has 6 rings (SSSR count). The van der Waals surface area contributed by atoms with Crippen LogP contribution in [0.15, 0.2) is 31.5 Å². The normalized spacial score (nSPS) is 33.0. The summed E-state index contributed by atoms with van der Waals surface area (Å²) >= 11 is 5.26. The van der Waals surface area contributed by atoms with Crippen LogP contribution in [0.5, 0.6) is 5.75 Å². The van der Waals surface area contributed by atoms with E-state index in [4.69, 9.17) is 4.99 Å². The molecule has 3 atom stereocenters. The highest BCUT2D eigenvalue weighted by atomic mass is 79.9. The van der Waals surface area contributed by atoms with E-state index in [1.54, 1.807) is 11.8 Å². The number of halogens is 1. The Balaban J connectivity index is 1.80. The summed E-state index contributed by atoms with van der Waals surface area (Å²) in [5, 5.41) is 26.8. The van der Waals surface area contributed by atoms with Gasteiger partial charge in [0.25, 0.3) is 0 Å². The van der Waals surface area contributed by atoms with Crippen molar-refractivity contribution in [2.24, 2.45) is 9.98 Å². The molecular weight excluding hydrogens is 402 g/mol. The lowest BCUT2D eigenvalue weighted by Gasteiger charge is -2.37. The number of phenolic OH excluding ortho intramolecular Hbond substituents is 1. The van der Waals surface area contributed by atoms with Crippen LogP contribution in [-0.2, 0) is 5.41 Å². The number of anilines is 1. The predicted octanol–water partition coefficient (Wildman–Crippen LogP) is 1.95. The number of hydrogen-bond acceptors (Lipinski definition) is 6. The average molecular weight is 416 g/mol. The average Bonchev–Trinajstić information content (AvgIpc) is 3.13. The predicted molar refractivity (Wildman–Crippen MR) is 102 cm³/mol. The second-order valence-corrected chi connectivity index (χ2v) is 9.18. The lowest BCUT2D eigenvalue weighted by atomic mass is 9.71. The van der Waals surface area contributed by atoms with Gasteiger partial charge in [-0.05, 0) is 24.5 Å². The van der Waals surface area contributed by atoms with Crippen molar-refractivity contribution in [3.8, 4) is 5.75 Å². The van der Waals surface area contributed by atoms with Gasteiger partial charge in [-0.15, -0.1) is 11.8 Å². The van der Waals surface area contributed by atoms with Crippen LogP contribution < -0.4 is 15.9 Å². The highest BCUT2D eigenvalue weighted by molar-refractivity contribution is 9.11. The molecule has 1 fully saturated rings. The molecule has 0 radical (unpaired) electrons. The van der Waals surface area contributed by atoms with Crippen LogP contribution in [0.1, 0.15) is 18.4 Å². The number of phenols is 1. The van der Waals surface area contributed by atoms with Crippen LogP contribution in [0.4, 0.5) is 11.4 Å². The molecule has 1 aliphatic carbocycles. The van der Waals surface area contributed by atoms with Crippen molar-refractivity contribution in [1.82, 2.24) is 0 Å². The Hall–Kier alpha value is -1.57. The molecule has 1 unspecified atom stereocenters. The van der Waals surface area contributed by atoms with Gasteiger partial charge in [0.2, 0.25) is 0 Å². The van der Waals surface area contributed by atoms with Crippen LogP contribution in [0.3, 0.4) is 0 Å². The van der Waals surface area contributed by atoms with Crippen LogP contribution in [0, 0.1) is 0 Å². The SMILES string of the molecule is Oc1c2c(c3c4c1N=CC=4CCN=3)[C@]13C=C(Br)C(O)C=C1S[C@@H](C3)N2. The third-order valence-corrected chi connectivity index (χ3v) is 7.71. The van der Waals surface area contributed by atoms with Crippen LogP contribution in [-0.4, -0.2) is 34.5 Å². The van der Waals surface area contributed by atoms with E-state index in [9.17, 15) is 10.2 Å². The lowest BCUT2D eigenvalue weighted by molar-refractivity contribution is 0.263. The molecule has 126 valence electrons. The smallest absolute Gasteiger partial charge is 0.165 e. The van der Waals surface area contributed by atoms with Gasteiger partial charge in [-0.25, -0.2) is 0 Å². The van der Waals surface area contributed by atoms with Gasteiger partial charge in [-0.1, -0.05) is 22.0 Å². The van der Waals surface area contributed by atoms with Crippen LogP contribution in [0.2, 0.25) is 0 Å². The Labute approximate surface area is 156 Å². The molecule has 5 aliphatic rings. The Morgan fingerprint density at radius 1 is 1.40 bits per heavy atom. The zero-order chi connectivity index (χ0) is 16.9. The molecule has 7 heteroatoms. The van der Waals surface area contributed by atoms with Crippen molar-refractivity contribution in [2.75, 3.05) is 11.9 Å². The van der Waals surface area contributed by atoms with E-state index in [-0.39, 0.29) is 16.5 Å². The number of thioether (sulfide) groups is 1. The molecule has 3 N–H and O–H groups in total. The number of aromatic hydroxyl groups is 1. The molecule has 4 heterocycles. The third-order valence-electron chi connectivity index (χ3n) is 5.69. The van der Waals surface area contributed by atoms with Gasteiger partial charge in [0.05, 0.1) is 21.8 Å². The topological polar surface area (TPSA) is 77.2 Å². The quantitative estimate of drug-likeness (QED) is 0.565. The first-order valence-electron chi connectivity index (χ1n) is 8.31. The number of aliphatic hydroxyl groups is 1. The molecule has 0 aromatic heterocycles. The van der Waals surface area contributed by atoms with Gasteiger partial charge in [-0.2, -0.15) is 0 Å². The van der Waals surface area contributed by atoms with E-state index in [1.165, 1.54) is 0 Å². The van der Waals surface area contributed by atoms with Gasteiger partial charge in [0.1, 0.15) is 11.8 Å². The molecule has 25 heavy (non-hydrogen) atoms. The molecule has 0 saturated carbocycles. The molecule has 4 aliphatic heterocycles. The number of nitrogens with one attached hydrogen (secondary N) is 1. The second-order valence-electron chi connectivity index (χ2n) is 7.02. The molecule has 2 bridgehead atoms. The molecule has 0 amide bonds. The second kappa shape index (κ2) is 4.58. The first-order chi connectivity index (χ1) is 12.1. The van der Waals surface area contributed by atoms with Crippen molar-refractivity contribution < 1.29 is 10.2 Å². The summed E-state index contributed by atoms with van der Waals surface area (Å²) in [5.74, 6) is 0.221. The van der Waals surface area contributed by atoms with Crippen LogP contribution in [0.25, 0.3) is 5.57 Å². The molecule has 1 aromatic carbocycles. The number of nitrogens with zero attached hydrogens (tertiary/aromatic N) is 2. The number of aliphatic hydroxyl groups excluding tert-OH is 1. The van der Waals surface area contributed by atoms with E-state index in [0.717, 1.165) is 56.2 Å². The summed E-state index contributed by atoms with van der Waals surface area (Å²) in [6, 6.07) is 0. The lowest BCUT2D eigenvalue weighted by Crippen LogP contribution is -2.44. The van der Waals surface area contributed by atoms with E-state index in [1.807, 2.05) is 12.3 Å². The van der Waals surface area contributed by atoms with E-state index >= 15 is 0 Å². The minimum atomic E-state index is -0.613. The van der Waals surface area contributed by atoms with Gasteiger partial charge in [-0.3, -0.25) is 9.98 Å². The largest absolute Gasteiger partial charge is 0.504 e. The molecule has 1 spiro atoms. The fraction of sp³-hybridized carbons (Fsp3) is 0.333.